The number of carbonyl (C=O) groups is 2. The molecule has 2 aromatic rings. The molecule has 0 saturated carbocycles. The number of nitrogens with zero attached hydrogens (tertiary/aromatic N) is 4. The topological polar surface area (TPSA) is 82.5 Å². The molecule has 0 spiro atoms. The zero-order valence-electron chi connectivity index (χ0n) is 16.3. The predicted molar refractivity (Wildman–Crippen MR) is 104 cm³/mol. The van der Waals surface area contributed by atoms with E-state index in [0.29, 0.717) is 25.2 Å². The third kappa shape index (κ3) is 3.65. The van der Waals surface area contributed by atoms with Crippen molar-refractivity contribution in [2.24, 2.45) is 7.05 Å². The summed E-state index contributed by atoms with van der Waals surface area (Å²) in [7, 11) is 1.80. The molecule has 148 valence electrons. The van der Waals surface area contributed by atoms with E-state index in [4.69, 9.17) is 0 Å². The lowest BCUT2D eigenvalue weighted by Crippen LogP contribution is -2.60. The highest BCUT2D eigenvalue weighted by Crippen LogP contribution is 2.26. The van der Waals surface area contributed by atoms with Crippen molar-refractivity contribution < 1.29 is 9.59 Å². The second kappa shape index (κ2) is 7.73. The first kappa shape index (κ1) is 18.6. The molecule has 2 saturated heterocycles. The van der Waals surface area contributed by atoms with E-state index in [1.807, 2.05) is 36.1 Å². The molecule has 0 radical (unpaired) electrons. The fourth-order valence-corrected chi connectivity index (χ4v) is 4.15. The quantitative estimate of drug-likeness (QED) is 0.813. The smallest absolute Gasteiger partial charge is 0.272 e. The van der Waals surface area contributed by atoms with E-state index in [1.165, 1.54) is 0 Å². The van der Waals surface area contributed by atoms with Crippen LogP contribution in [0.3, 0.4) is 0 Å². The second-order valence-electron chi connectivity index (χ2n) is 7.48. The van der Waals surface area contributed by atoms with E-state index < -0.39 is 0 Å². The monoisotopic (exact) mass is 382 g/mol. The molecule has 0 aliphatic carbocycles. The van der Waals surface area contributed by atoms with Gasteiger partial charge in [0.25, 0.3) is 5.91 Å². The minimum absolute atomic E-state index is 0.000969. The number of amides is 2. The van der Waals surface area contributed by atoms with Gasteiger partial charge in [-0.15, -0.1) is 0 Å². The lowest BCUT2D eigenvalue weighted by molar-refractivity contribution is -0.127. The number of hydrogen-bond donors (Lipinski definition) is 2. The molecule has 1 aromatic carbocycles. The van der Waals surface area contributed by atoms with Crippen LogP contribution in [0.4, 0.5) is 0 Å². The molecule has 2 amide bonds. The Morgan fingerprint density at radius 3 is 2.50 bits per heavy atom. The van der Waals surface area contributed by atoms with E-state index >= 15 is 0 Å². The van der Waals surface area contributed by atoms with Crippen LogP contribution in [0.1, 0.15) is 34.2 Å². The number of aromatic nitrogens is 2. The van der Waals surface area contributed by atoms with Gasteiger partial charge in [-0.05, 0) is 18.6 Å². The molecule has 3 heterocycles. The molecule has 2 atom stereocenters. The van der Waals surface area contributed by atoms with Crippen molar-refractivity contribution in [3.05, 3.63) is 53.3 Å². The fraction of sp³-hybridized carbons (Fsp3) is 0.450. The van der Waals surface area contributed by atoms with Gasteiger partial charge in [0, 0.05) is 45.7 Å². The van der Waals surface area contributed by atoms with Gasteiger partial charge in [0.15, 0.2) is 0 Å². The predicted octanol–water partition coefficient (Wildman–Crippen LogP) is 0.621. The number of carbonyl (C=O) groups excluding carboxylic acids is 2. The Morgan fingerprint density at radius 2 is 1.86 bits per heavy atom. The first-order chi connectivity index (χ1) is 13.5. The van der Waals surface area contributed by atoms with Crippen molar-refractivity contribution in [2.45, 2.75) is 25.4 Å². The minimum Gasteiger partial charge on any atom is -0.335 e. The first-order valence-electron chi connectivity index (χ1n) is 9.66. The van der Waals surface area contributed by atoms with Crippen LogP contribution in [-0.4, -0.2) is 63.6 Å². The number of aryl methyl sites for hydroxylation is 2. The number of benzene rings is 1. The van der Waals surface area contributed by atoms with Gasteiger partial charge >= 0.3 is 0 Å². The summed E-state index contributed by atoms with van der Waals surface area (Å²) in [5, 5.41) is 4.27. The van der Waals surface area contributed by atoms with Crippen molar-refractivity contribution in [1.29, 1.82) is 0 Å². The van der Waals surface area contributed by atoms with Gasteiger partial charge in [0.2, 0.25) is 5.91 Å². The maximum Gasteiger partial charge on any atom is 0.272 e. The van der Waals surface area contributed by atoms with E-state index in [0.717, 1.165) is 24.3 Å². The zero-order chi connectivity index (χ0) is 19.7. The van der Waals surface area contributed by atoms with E-state index in [2.05, 4.69) is 33.0 Å². The van der Waals surface area contributed by atoms with Gasteiger partial charge in [-0.2, -0.15) is 5.10 Å². The molecule has 2 aliphatic rings. The Morgan fingerprint density at radius 1 is 1.14 bits per heavy atom. The highest BCUT2D eigenvalue weighted by molar-refractivity contribution is 5.92. The van der Waals surface area contributed by atoms with E-state index in [9.17, 15) is 9.59 Å². The molecule has 2 unspecified atom stereocenters. The summed E-state index contributed by atoms with van der Waals surface area (Å²) in [6.07, 6.45) is 0.446. The molecule has 2 aliphatic heterocycles. The molecule has 28 heavy (non-hydrogen) atoms. The average molecular weight is 382 g/mol. The minimum atomic E-state index is 0.000969. The third-order valence-electron chi connectivity index (χ3n) is 5.60. The van der Waals surface area contributed by atoms with Crippen molar-refractivity contribution in [1.82, 2.24) is 30.4 Å². The van der Waals surface area contributed by atoms with Crippen LogP contribution in [0.25, 0.3) is 0 Å². The van der Waals surface area contributed by atoms with Gasteiger partial charge in [0.1, 0.15) is 5.69 Å². The summed E-state index contributed by atoms with van der Waals surface area (Å²) < 4.78 is 1.64. The number of hydrogen-bond acceptors (Lipinski definition) is 5. The van der Waals surface area contributed by atoms with Crippen molar-refractivity contribution in [3.63, 3.8) is 0 Å². The lowest BCUT2D eigenvalue weighted by atomic mass is 9.93. The Bertz CT molecular complexity index is 857. The summed E-state index contributed by atoms with van der Waals surface area (Å²) >= 11 is 0. The summed E-state index contributed by atoms with van der Waals surface area (Å²) in [6, 6.07) is 12.1. The Balaban J connectivity index is 1.45. The van der Waals surface area contributed by atoms with Gasteiger partial charge in [-0.25, -0.2) is 5.43 Å². The third-order valence-corrected chi connectivity index (χ3v) is 5.60. The number of piperazine rings is 1. The zero-order valence-corrected chi connectivity index (χ0v) is 16.3. The SMILES string of the molecule is Cc1cc(C(=O)N2CCN(C3CC(=O)NNC3c3ccccc3)CC2)n(C)n1. The summed E-state index contributed by atoms with van der Waals surface area (Å²) in [4.78, 5) is 29.0. The van der Waals surface area contributed by atoms with E-state index in [1.54, 1.807) is 11.7 Å². The molecule has 4 rings (SSSR count). The Labute approximate surface area is 164 Å². The normalized spacial score (nSPS) is 23.5. The number of rotatable bonds is 3. The molecule has 8 nitrogen and oxygen atoms in total. The second-order valence-corrected chi connectivity index (χ2v) is 7.48. The van der Waals surface area contributed by atoms with Crippen LogP contribution < -0.4 is 10.9 Å². The van der Waals surface area contributed by atoms with Gasteiger partial charge < -0.3 is 4.90 Å². The van der Waals surface area contributed by atoms with E-state index in [-0.39, 0.29) is 23.9 Å². The van der Waals surface area contributed by atoms with Crippen molar-refractivity contribution in [2.75, 3.05) is 26.2 Å². The first-order valence-corrected chi connectivity index (χ1v) is 9.66. The van der Waals surface area contributed by atoms with Crippen LogP contribution >= 0.6 is 0 Å². The highest BCUT2D eigenvalue weighted by Gasteiger charge is 2.36. The molecule has 1 aromatic heterocycles. The molecular weight excluding hydrogens is 356 g/mol. The largest absolute Gasteiger partial charge is 0.335 e. The van der Waals surface area contributed by atoms with Crippen LogP contribution in [0.15, 0.2) is 36.4 Å². The maximum absolute atomic E-state index is 12.8. The summed E-state index contributed by atoms with van der Waals surface area (Å²) in [6.45, 7) is 4.65. The fourth-order valence-electron chi connectivity index (χ4n) is 4.15. The number of hydrazine groups is 1. The Hall–Kier alpha value is -2.71. The average Bonchev–Trinajstić information content (AvgIpc) is 3.06. The van der Waals surface area contributed by atoms with Crippen LogP contribution in [-0.2, 0) is 11.8 Å². The lowest BCUT2D eigenvalue weighted by Gasteiger charge is -2.44. The number of nitrogens with one attached hydrogen (secondary N) is 2. The highest BCUT2D eigenvalue weighted by atomic mass is 16.2. The summed E-state index contributed by atoms with van der Waals surface area (Å²) in [5.41, 5.74) is 8.55. The molecular formula is C20H26N6O2. The van der Waals surface area contributed by atoms with Gasteiger partial charge in [-0.1, -0.05) is 30.3 Å². The van der Waals surface area contributed by atoms with Crippen molar-refractivity contribution in [3.8, 4) is 0 Å². The molecule has 0 bridgehead atoms. The van der Waals surface area contributed by atoms with Crippen LogP contribution in [0.5, 0.6) is 0 Å². The molecule has 2 N–H and O–H groups in total. The molecule has 2 fully saturated rings. The summed E-state index contributed by atoms with van der Waals surface area (Å²) in [5.74, 6) is 0.0166. The van der Waals surface area contributed by atoms with Crippen molar-refractivity contribution >= 4 is 11.8 Å². The van der Waals surface area contributed by atoms with Crippen LogP contribution in [0, 0.1) is 6.92 Å². The van der Waals surface area contributed by atoms with Gasteiger partial charge in [-0.3, -0.25) is 24.6 Å². The standard InChI is InChI=1S/C20H26N6O2/c1-14-12-17(24(2)23-14)20(28)26-10-8-25(9-11-26)16-13-18(27)21-22-19(16)15-6-4-3-5-7-15/h3-7,12,16,19,22H,8-11,13H2,1-2H3,(H,21,27). The maximum atomic E-state index is 12.8. The molecule has 8 heteroatoms. The Kier molecular flexibility index (Phi) is 5.15. The van der Waals surface area contributed by atoms with Gasteiger partial charge in [0.05, 0.1) is 11.7 Å². The van der Waals surface area contributed by atoms with Crippen LogP contribution in [0.2, 0.25) is 0 Å².